The van der Waals surface area contributed by atoms with Gasteiger partial charge in [0.25, 0.3) is 0 Å². The van der Waals surface area contributed by atoms with Crippen LogP contribution in [0.25, 0.3) is 0 Å². The monoisotopic (exact) mass is 217 g/mol. The van der Waals surface area contributed by atoms with E-state index in [1.165, 1.54) is 25.7 Å². The average molecular weight is 217 g/mol. The van der Waals surface area contributed by atoms with Gasteiger partial charge in [0, 0.05) is 5.92 Å². The molecule has 1 aliphatic carbocycles. The van der Waals surface area contributed by atoms with Crippen molar-refractivity contribution in [2.75, 3.05) is 5.73 Å². The zero-order valence-electron chi connectivity index (χ0n) is 9.87. The van der Waals surface area contributed by atoms with Gasteiger partial charge in [-0.1, -0.05) is 25.7 Å². The van der Waals surface area contributed by atoms with Gasteiger partial charge in [-0.3, -0.25) is 0 Å². The minimum Gasteiger partial charge on any atom is -0.384 e. The standard InChI is InChI=1S/C13H19N3/c1-3-9-16-12(14)11(4-2)15-13(16)10-7-5-6-8-10/h1,10H,4-9,14H2,2H3. The molecule has 86 valence electrons. The van der Waals surface area contributed by atoms with E-state index in [0.29, 0.717) is 12.5 Å². The molecule has 1 aromatic heterocycles. The lowest BCUT2D eigenvalue weighted by molar-refractivity contribution is 0.621. The molecule has 3 heteroatoms. The van der Waals surface area contributed by atoms with E-state index >= 15 is 0 Å². The molecule has 2 rings (SSSR count). The number of nitrogen functional groups attached to an aromatic ring is 1. The van der Waals surface area contributed by atoms with Crippen LogP contribution in [0.2, 0.25) is 0 Å². The maximum Gasteiger partial charge on any atom is 0.127 e. The third kappa shape index (κ3) is 1.80. The van der Waals surface area contributed by atoms with Crippen LogP contribution in [0.15, 0.2) is 0 Å². The maximum absolute atomic E-state index is 6.07. The molecule has 0 amide bonds. The number of aryl methyl sites for hydroxylation is 1. The Kier molecular flexibility index (Phi) is 3.19. The second-order valence-electron chi connectivity index (χ2n) is 4.43. The lowest BCUT2D eigenvalue weighted by Crippen LogP contribution is -2.09. The van der Waals surface area contributed by atoms with Gasteiger partial charge in [0.15, 0.2) is 0 Å². The normalized spacial score (nSPS) is 16.5. The number of nitrogens with zero attached hydrogens (tertiary/aromatic N) is 2. The van der Waals surface area contributed by atoms with E-state index in [1.807, 2.05) is 4.57 Å². The second-order valence-corrected chi connectivity index (χ2v) is 4.43. The molecule has 0 aliphatic heterocycles. The van der Waals surface area contributed by atoms with E-state index in [2.05, 4.69) is 17.8 Å². The van der Waals surface area contributed by atoms with Crippen molar-refractivity contribution in [2.24, 2.45) is 0 Å². The van der Waals surface area contributed by atoms with Crippen molar-refractivity contribution in [2.45, 2.75) is 51.5 Å². The molecule has 0 unspecified atom stereocenters. The summed E-state index contributed by atoms with van der Waals surface area (Å²) in [4.78, 5) is 4.67. The highest BCUT2D eigenvalue weighted by molar-refractivity contribution is 5.39. The van der Waals surface area contributed by atoms with Crippen LogP contribution in [0, 0.1) is 12.3 Å². The van der Waals surface area contributed by atoms with Gasteiger partial charge in [-0.2, -0.15) is 0 Å². The first-order chi connectivity index (χ1) is 7.77. The van der Waals surface area contributed by atoms with Gasteiger partial charge in [-0.25, -0.2) is 4.98 Å². The molecule has 3 nitrogen and oxygen atoms in total. The summed E-state index contributed by atoms with van der Waals surface area (Å²) in [5.74, 6) is 5.12. The fraction of sp³-hybridized carbons (Fsp3) is 0.615. The largest absolute Gasteiger partial charge is 0.384 e. The predicted octanol–water partition coefficient (Wildman–Crippen LogP) is 2.32. The zero-order chi connectivity index (χ0) is 11.5. The lowest BCUT2D eigenvalue weighted by atomic mass is 10.1. The first-order valence-electron chi connectivity index (χ1n) is 6.06. The van der Waals surface area contributed by atoms with Crippen molar-refractivity contribution in [3.63, 3.8) is 0 Å². The molecule has 1 saturated carbocycles. The third-order valence-electron chi connectivity index (χ3n) is 3.42. The summed E-state index contributed by atoms with van der Waals surface area (Å²) in [6, 6.07) is 0. The average Bonchev–Trinajstić information content (AvgIpc) is 2.89. The molecule has 1 fully saturated rings. The quantitative estimate of drug-likeness (QED) is 0.790. The van der Waals surface area contributed by atoms with Gasteiger partial charge in [0.05, 0.1) is 12.2 Å². The molecular formula is C13H19N3. The fourth-order valence-electron chi connectivity index (χ4n) is 2.55. The highest BCUT2D eigenvalue weighted by Gasteiger charge is 2.24. The lowest BCUT2D eigenvalue weighted by Gasteiger charge is -2.11. The Hall–Kier alpha value is -1.43. The van der Waals surface area contributed by atoms with Crippen molar-refractivity contribution >= 4 is 5.82 Å². The first kappa shape index (κ1) is 11.1. The van der Waals surface area contributed by atoms with Gasteiger partial charge in [-0.05, 0) is 19.3 Å². The molecular weight excluding hydrogens is 198 g/mol. The number of hydrogen-bond donors (Lipinski definition) is 1. The van der Waals surface area contributed by atoms with E-state index in [1.54, 1.807) is 0 Å². The fourth-order valence-corrected chi connectivity index (χ4v) is 2.55. The number of rotatable bonds is 3. The Bertz CT molecular complexity index is 406. The van der Waals surface area contributed by atoms with Crippen LogP contribution in [0.5, 0.6) is 0 Å². The maximum atomic E-state index is 6.07. The van der Waals surface area contributed by atoms with E-state index in [4.69, 9.17) is 12.2 Å². The molecule has 16 heavy (non-hydrogen) atoms. The Labute approximate surface area is 97.1 Å². The van der Waals surface area contributed by atoms with Gasteiger partial charge in [0.1, 0.15) is 11.6 Å². The highest BCUT2D eigenvalue weighted by Crippen LogP contribution is 2.35. The summed E-state index contributed by atoms with van der Waals surface area (Å²) in [5.41, 5.74) is 7.07. The van der Waals surface area contributed by atoms with Crippen LogP contribution < -0.4 is 5.73 Å². The van der Waals surface area contributed by atoms with Gasteiger partial charge in [0.2, 0.25) is 0 Å². The van der Waals surface area contributed by atoms with Crippen molar-refractivity contribution in [1.29, 1.82) is 0 Å². The first-order valence-corrected chi connectivity index (χ1v) is 6.06. The van der Waals surface area contributed by atoms with Crippen molar-refractivity contribution in [3.8, 4) is 12.3 Å². The van der Waals surface area contributed by atoms with Crippen LogP contribution in [0.1, 0.15) is 50.0 Å². The molecule has 2 N–H and O–H groups in total. The molecule has 0 spiro atoms. The summed E-state index contributed by atoms with van der Waals surface area (Å²) < 4.78 is 2.02. The molecule has 0 radical (unpaired) electrons. The topological polar surface area (TPSA) is 43.8 Å². The molecule has 0 aromatic carbocycles. The molecule has 0 saturated heterocycles. The van der Waals surface area contributed by atoms with Gasteiger partial charge in [-0.15, -0.1) is 6.42 Å². The minimum atomic E-state index is 0.546. The number of nitrogens with two attached hydrogens (primary N) is 1. The number of imidazole rings is 1. The van der Waals surface area contributed by atoms with Crippen molar-refractivity contribution < 1.29 is 0 Å². The number of aromatic nitrogens is 2. The minimum absolute atomic E-state index is 0.546. The Morgan fingerprint density at radius 3 is 2.75 bits per heavy atom. The van der Waals surface area contributed by atoms with Crippen molar-refractivity contribution in [1.82, 2.24) is 9.55 Å². The molecule has 1 aromatic rings. The molecule has 0 atom stereocenters. The van der Waals surface area contributed by atoms with Crippen LogP contribution in [-0.2, 0) is 13.0 Å². The van der Waals surface area contributed by atoms with E-state index in [0.717, 1.165) is 23.8 Å². The Balaban J connectivity index is 2.38. The number of anilines is 1. The third-order valence-corrected chi connectivity index (χ3v) is 3.42. The molecule has 1 heterocycles. The summed E-state index contributed by atoms with van der Waals surface area (Å²) in [6.07, 6.45) is 11.3. The summed E-state index contributed by atoms with van der Waals surface area (Å²) >= 11 is 0. The van der Waals surface area contributed by atoms with Gasteiger partial charge >= 0.3 is 0 Å². The summed E-state index contributed by atoms with van der Waals surface area (Å²) in [6.45, 7) is 2.63. The van der Waals surface area contributed by atoms with Crippen LogP contribution in [0.4, 0.5) is 5.82 Å². The van der Waals surface area contributed by atoms with E-state index in [-0.39, 0.29) is 0 Å². The van der Waals surface area contributed by atoms with Gasteiger partial charge < -0.3 is 10.3 Å². The van der Waals surface area contributed by atoms with Crippen LogP contribution in [0.3, 0.4) is 0 Å². The smallest absolute Gasteiger partial charge is 0.127 e. The molecule has 1 aliphatic rings. The SMILES string of the molecule is C#CCn1c(C2CCCC2)nc(CC)c1N. The Morgan fingerprint density at radius 1 is 1.50 bits per heavy atom. The Morgan fingerprint density at radius 2 is 2.19 bits per heavy atom. The summed E-state index contributed by atoms with van der Waals surface area (Å²) in [7, 11) is 0. The van der Waals surface area contributed by atoms with E-state index < -0.39 is 0 Å². The number of hydrogen-bond acceptors (Lipinski definition) is 2. The predicted molar refractivity (Wildman–Crippen MR) is 66.1 cm³/mol. The second kappa shape index (κ2) is 4.61. The number of terminal acetylenes is 1. The summed E-state index contributed by atoms with van der Waals surface area (Å²) in [5, 5.41) is 0. The zero-order valence-corrected chi connectivity index (χ0v) is 9.87. The van der Waals surface area contributed by atoms with E-state index in [9.17, 15) is 0 Å². The van der Waals surface area contributed by atoms with Crippen LogP contribution >= 0.6 is 0 Å². The van der Waals surface area contributed by atoms with Crippen molar-refractivity contribution in [3.05, 3.63) is 11.5 Å². The van der Waals surface area contributed by atoms with Crippen LogP contribution in [-0.4, -0.2) is 9.55 Å². The highest BCUT2D eigenvalue weighted by atomic mass is 15.1. The molecule has 0 bridgehead atoms.